The predicted molar refractivity (Wildman–Crippen MR) is 98.4 cm³/mol. The highest BCUT2D eigenvalue weighted by Crippen LogP contribution is 2.21. The lowest BCUT2D eigenvalue weighted by molar-refractivity contribution is -0.116. The average Bonchev–Trinajstić information content (AvgIpc) is 2.55. The molecule has 2 N–H and O–H groups in total. The van der Waals surface area contributed by atoms with Gasteiger partial charge in [-0.1, -0.05) is 31.2 Å². The standard InChI is InChI=1S/C17H19BrN2O3S/c1-2-19-24(22,23)14-10-7-13(8-11-14)9-12-17(21)20-16-6-4-3-5-15(16)18/h3-8,10-11,19H,2,9,12H2,1H3,(H,20,21). The highest BCUT2D eigenvalue weighted by molar-refractivity contribution is 9.10. The summed E-state index contributed by atoms with van der Waals surface area (Å²) in [5.41, 5.74) is 1.64. The van der Waals surface area contributed by atoms with Crippen molar-refractivity contribution >= 4 is 37.5 Å². The van der Waals surface area contributed by atoms with Crippen molar-refractivity contribution in [2.75, 3.05) is 11.9 Å². The predicted octanol–water partition coefficient (Wildman–Crippen LogP) is 3.32. The monoisotopic (exact) mass is 410 g/mol. The second-order valence-corrected chi connectivity index (χ2v) is 7.79. The maximum Gasteiger partial charge on any atom is 0.240 e. The van der Waals surface area contributed by atoms with E-state index in [2.05, 4.69) is 26.0 Å². The first-order chi connectivity index (χ1) is 11.4. The van der Waals surface area contributed by atoms with Gasteiger partial charge in [0.1, 0.15) is 0 Å². The molecule has 0 spiro atoms. The number of carbonyl (C=O) groups is 1. The third-order valence-corrected chi connectivity index (χ3v) is 5.61. The van der Waals surface area contributed by atoms with E-state index in [4.69, 9.17) is 0 Å². The lowest BCUT2D eigenvalue weighted by atomic mass is 10.1. The largest absolute Gasteiger partial charge is 0.325 e. The van der Waals surface area contributed by atoms with Crippen LogP contribution in [0.4, 0.5) is 5.69 Å². The van der Waals surface area contributed by atoms with Gasteiger partial charge in [-0.15, -0.1) is 0 Å². The number of carbonyl (C=O) groups excluding carboxylic acids is 1. The fourth-order valence-corrected chi connectivity index (χ4v) is 3.57. The van der Waals surface area contributed by atoms with E-state index in [-0.39, 0.29) is 10.8 Å². The number of sulfonamides is 1. The number of hydrogen-bond donors (Lipinski definition) is 2. The molecule has 0 radical (unpaired) electrons. The molecule has 0 aromatic heterocycles. The summed E-state index contributed by atoms with van der Waals surface area (Å²) in [4.78, 5) is 12.2. The maximum absolute atomic E-state index is 12.0. The van der Waals surface area contributed by atoms with Gasteiger partial charge in [0.05, 0.1) is 10.6 Å². The van der Waals surface area contributed by atoms with Gasteiger partial charge in [-0.2, -0.15) is 0 Å². The van der Waals surface area contributed by atoms with Crippen LogP contribution in [-0.4, -0.2) is 20.9 Å². The molecule has 2 aromatic rings. The zero-order valence-electron chi connectivity index (χ0n) is 13.3. The molecule has 0 aliphatic rings. The second kappa shape index (κ2) is 8.41. The number of aryl methyl sites for hydroxylation is 1. The van der Waals surface area contributed by atoms with Crippen molar-refractivity contribution < 1.29 is 13.2 Å². The summed E-state index contributed by atoms with van der Waals surface area (Å²) in [6.07, 6.45) is 0.860. The molecule has 0 bridgehead atoms. The third kappa shape index (κ3) is 5.15. The Labute approximate surface area is 150 Å². The van der Waals surface area contributed by atoms with E-state index >= 15 is 0 Å². The van der Waals surface area contributed by atoms with Crippen LogP contribution in [0.1, 0.15) is 18.9 Å². The number of nitrogens with one attached hydrogen (secondary N) is 2. The first-order valence-electron chi connectivity index (χ1n) is 7.55. The Morgan fingerprint density at radius 3 is 2.38 bits per heavy atom. The summed E-state index contributed by atoms with van der Waals surface area (Å²) >= 11 is 3.38. The molecule has 1 amide bonds. The van der Waals surface area contributed by atoms with E-state index in [9.17, 15) is 13.2 Å². The minimum Gasteiger partial charge on any atom is -0.325 e. The number of anilines is 1. The van der Waals surface area contributed by atoms with Crippen molar-refractivity contribution in [1.29, 1.82) is 0 Å². The minimum absolute atomic E-state index is 0.0914. The molecule has 0 aliphatic carbocycles. The molecule has 0 fully saturated rings. The number of halogens is 1. The highest BCUT2D eigenvalue weighted by Gasteiger charge is 2.12. The van der Waals surface area contributed by atoms with Gasteiger partial charge in [-0.05, 0) is 52.2 Å². The van der Waals surface area contributed by atoms with Crippen LogP contribution in [-0.2, 0) is 21.2 Å². The Balaban J connectivity index is 1.93. The number of benzene rings is 2. The van der Waals surface area contributed by atoms with Gasteiger partial charge in [0.25, 0.3) is 0 Å². The summed E-state index contributed by atoms with van der Waals surface area (Å²) in [5, 5.41) is 2.84. The fourth-order valence-electron chi connectivity index (χ4n) is 2.14. The van der Waals surface area contributed by atoms with E-state index in [1.165, 1.54) is 0 Å². The van der Waals surface area contributed by atoms with E-state index < -0.39 is 10.0 Å². The van der Waals surface area contributed by atoms with Crippen molar-refractivity contribution in [2.24, 2.45) is 0 Å². The molecule has 0 unspecified atom stereocenters. The summed E-state index contributed by atoms with van der Waals surface area (Å²) in [5.74, 6) is -0.0914. The molecular weight excluding hydrogens is 392 g/mol. The Morgan fingerprint density at radius 2 is 1.75 bits per heavy atom. The van der Waals surface area contributed by atoms with Crippen molar-refractivity contribution in [1.82, 2.24) is 4.72 Å². The van der Waals surface area contributed by atoms with Gasteiger partial charge in [-0.25, -0.2) is 13.1 Å². The molecule has 2 aromatic carbocycles. The van der Waals surface area contributed by atoms with Gasteiger partial charge >= 0.3 is 0 Å². The van der Waals surface area contributed by atoms with Crippen LogP contribution in [0.25, 0.3) is 0 Å². The lowest BCUT2D eigenvalue weighted by Crippen LogP contribution is -2.23. The maximum atomic E-state index is 12.0. The zero-order chi connectivity index (χ0) is 17.6. The van der Waals surface area contributed by atoms with Crippen LogP contribution in [0.3, 0.4) is 0 Å². The number of hydrogen-bond acceptors (Lipinski definition) is 3. The van der Waals surface area contributed by atoms with Crippen molar-refractivity contribution in [3.8, 4) is 0 Å². The molecule has 5 nitrogen and oxygen atoms in total. The molecule has 24 heavy (non-hydrogen) atoms. The van der Waals surface area contributed by atoms with Crippen LogP contribution < -0.4 is 10.0 Å². The van der Waals surface area contributed by atoms with Crippen molar-refractivity contribution in [2.45, 2.75) is 24.7 Å². The molecule has 0 heterocycles. The summed E-state index contributed by atoms with van der Waals surface area (Å²) in [6.45, 7) is 2.08. The van der Waals surface area contributed by atoms with Crippen molar-refractivity contribution in [3.63, 3.8) is 0 Å². The van der Waals surface area contributed by atoms with Crippen LogP contribution in [0.15, 0.2) is 57.9 Å². The number of amides is 1. The Morgan fingerprint density at radius 1 is 1.08 bits per heavy atom. The fraction of sp³-hybridized carbons (Fsp3) is 0.235. The number of rotatable bonds is 7. The summed E-state index contributed by atoms with van der Waals surface area (Å²) in [7, 11) is -3.44. The molecule has 128 valence electrons. The van der Waals surface area contributed by atoms with Crippen molar-refractivity contribution in [3.05, 3.63) is 58.6 Å². The summed E-state index contributed by atoms with van der Waals surface area (Å²) in [6, 6.07) is 14.0. The van der Waals surface area contributed by atoms with Gasteiger partial charge < -0.3 is 5.32 Å². The second-order valence-electron chi connectivity index (χ2n) is 5.17. The van der Waals surface area contributed by atoms with Gasteiger partial charge in [0, 0.05) is 17.4 Å². The van der Waals surface area contributed by atoms with Gasteiger partial charge in [0.2, 0.25) is 15.9 Å². The van der Waals surface area contributed by atoms with E-state index in [1.54, 1.807) is 31.2 Å². The van der Waals surface area contributed by atoms with E-state index in [1.807, 2.05) is 24.3 Å². The smallest absolute Gasteiger partial charge is 0.240 e. The molecular formula is C17H19BrN2O3S. The normalized spacial score (nSPS) is 11.2. The average molecular weight is 411 g/mol. The lowest BCUT2D eigenvalue weighted by Gasteiger charge is -2.08. The highest BCUT2D eigenvalue weighted by atomic mass is 79.9. The molecule has 0 saturated carbocycles. The topological polar surface area (TPSA) is 75.3 Å². The first-order valence-corrected chi connectivity index (χ1v) is 9.83. The molecule has 0 saturated heterocycles. The molecule has 0 aliphatic heterocycles. The quantitative estimate of drug-likeness (QED) is 0.734. The first kappa shape index (κ1) is 18.6. The Kier molecular flexibility index (Phi) is 6.53. The zero-order valence-corrected chi connectivity index (χ0v) is 15.7. The third-order valence-electron chi connectivity index (χ3n) is 3.36. The SMILES string of the molecule is CCNS(=O)(=O)c1ccc(CCC(=O)Nc2ccccc2Br)cc1. The summed E-state index contributed by atoms with van der Waals surface area (Å²) < 4.78 is 27.0. The van der Waals surface area contributed by atoms with Gasteiger partial charge in [0.15, 0.2) is 0 Å². The minimum atomic E-state index is -3.44. The Bertz CT molecular complexity index is 805. The molecule has 7 heteroatoms. The van der Waals surface area contributed by atoms with Crippen LogP contribution >= 0.6 is 15.9 Å². The van der Waals surface area contributed by atoms with Crippen LogP contribution in [0, 0.1) is 0 Å². The van der Waals surface area contributed by atoms with Crippen LogP contribution in [0.5, 0.6) is 0 Å². The Hall–Kier alpha value is -1.70. The molecule has 2 rings (SSSR count). The van der Waals surface area contributed by atoms with E-state index in [0.717, 1.165) is 15.7 Å². The number of para-hydroxylation sites is 1. The van der Waals surface area contributed by atoms with Gasteiger partial charge in [-0.3, -0.25) is 4.79 Å². The molecule has 0 atom stereocenters. The van der Waals surface area contributed by atoms with Crippen LogP contribution in [0.2, 0.25) is 0 Å². The van der Waals surface area contributed by atoms with E-state index in [0.29, 0.717) is 19.4 Å².